The van der Waals surface area contributed by atoms with Crippen molar-refractivity contribution in [3.63, 3.8) is 0 Å². The van der Waals surface area contributed by atoms with Gasteiger partial charge < -0.3 is 14.8 Å². The third kappa shape index (κ3) is 4.04. The minimum atomic E-state index is 0.255. The Kier molecular flexibility index (Phi) is 6.19. The van der Waals surface area contributed by atoms with Gasteiger partial charge in [0.1, 0.15) is 6.10 Å². The average Bonchev–Trinajstić information content (AvgIpc) is 2.50. The first kappa shape index (κ1) is 16.4. The fourth-order valence-corrected chi connectivity index (χ4v) is 3.42. The van der Waals surface area contributed by atoms with Crippen LogP contribution in [0.4, 0.5) is 0 Å². The largest absolute Gasteiger partial charge is 0.493 e. The zero-order valence-electron chi connectivity index (χ0n) is 13.2. The summed E-state index contributed by atoms with van der Waals surface area (Å²) in [5, 5.41) is 3.76. The molecular formula is C17H26ClNO2. The lowest BCUT2D eigenvalue weighted by Gasteiger charge is -2.32. The van der Waals surface area contributed by atoms with Gasteiger partial charge in [-0.3, -0.25) is 0 Å². The molecule has 1 fully saturated rings. The van der Waals surface area contributed by atoms with E-state index in [1.807, 2.05) is 19.2 Å². The summed E-state index contributed by atoms with van der Waals surface area (Å²) in [6.45, 7) is 3.00. The molecule has 2 unspecified atom stereocenters. The van der Waals surface area contributed by atoms with Crippen molar-refractivity contribution in [3.8, 4) is 11.5 Å². The van der Waals surface area contributed by atoms with E-state index in [9.17, 15) is 0 Å². The number of hydrogen-bond donors (Lipinski definition) is 1. The Hall–Kier alpha value is -0.930. The van der Waals surface area contributed by atoms with E-state index in [4.69, 9.17) is 21.1 Å². The molecule has 3 nitrogen and oxygen atoms in total. The highest BCUT2D eigenvalue weighted by molar-refractivity contribution is 6.32. The van der Waals surface area contributed by atoms with Gasteiger partial charge in [0, 0.05) is 6.54 Å². The van der Waals surface area contributed by atoms with Crippen molar-refractivity contribution in [1.82, 2.24) is 5.32 Å². The van der Waals surface area contributed by atoms with Gasteiger partial charge in [-0.15, -0.1) is 0 Å². The van der Waals surface area contributed by atoms with E-state index in [2.05, 4.69) is 12.2 Å². The van der Waals surface area contributed by atoms with Crippen LogP contribution in [-0.4, -0.2) is 20.3 Å². The zero-order chi connectivity index (χ0) is 15.2. The molecule has 1 aliphatic carbocycles. The van der Waals surface area contributed by atoms with Gasteiger partial charge in [-0.05, 0) is 56.3 Å². The molecule has 1 saturated carbocycles. The van der Waals surface area contributed by atoms with Crippen molar-refractivity contribution in [2.45, 2.75) is 51.7 Å². The Morgan fingerprint density at radius 3 is 2.71 bits per heavy atom. The third-order valence-corrected chi connectivity index (χ3v) is 4.58. The number of methoxy groups -OCH3 is 1. The van der Waals surface area contributed by atoms with Crippen LogP contribution in [0.5, 0.6) is 11.5 Å². The molecule has 1 aromatic carbocycles. The summed E-state index contributed by atoms with van der Waals surface area (Å²) in [7, 11) is 3.58. The first-order chi connectivity index (χ1) is 10.2. The normalized spacial score (nSPS) is 22.1. The summed E-state index contributed by atoms with van der Waals surface area (Å²) in [6.07, 6.45) is 6.31. The molecule has 2 atom stereocenters. The van der Waals surface area contributed by atoms with Gasteiger partial charge >= 0.3 is 0 Å². The van der Waals surface area contributed by atoms with Crippen LogP contribution in [0.25, 0.3) is 0 Å². The molecule has 0 aliphatic heterocycles. The summed E-state index contributed by atoms with van der Waals surface area (Å²) < 4.78 is 11.8. The minimum absolute atomic E-state index is 0.255. The smallest absolute Gasteiger partial charge is 0.180 e. The predicted octanol–water partition coefficient (Wildman–Crippen LogP) is 4.42. The Balaban J connectivity index is 2.21. The lowest BCUT2D eigenvalue weighted by atomic mass is 9.85. The van der Waals surface area contributed by atoms with Crippen LogP contribution >= 0.6 is 11.6 Å². The van der Waals surface area contributed by atoms with Gasteiger partial charge in [0.15, 0.2) is 11.5 Å². The molecular weight excluding hydrogens is 286 g/mol. The first-order valence-electron chi connectivity index (χ1n) is 7.87. The van der Waals surface area contributed by atoms with E-state index in [0.29, 0.717) is 16.7 Å². The van der Waals surface area contributed by atoms with Crippen LogP contribution in [0.15, 0.2) is 12.1 Å². The molecule has 0 radical (unpaired) electrons. The van der Waals surface area contributed by atoms with Crippen LogP contribution in [0.3, 0.4) is 0 Å². The van der Waals surface area contributed by atoms with Gasteiger partial charge in [-0.2, -0.15) is 0 Å². The fourth-order valence-electron chi connectivity index (χ4n) is 3.14. The van der Waals surface area contributed by atoms with E-state index < -0.39 is 0 Å². The SMILES string of the molecule is CCC1CCCCC1Oc1c(Cl)cc(CNC)cc1OC. The second-order valence-corrected chi connectivity index (χ2v) is 6.16. The number of halogens is 1. The molecule has 1 N–H and O–H groups in total. The topological polar surface area (TPSA) is 30.5 Å². The second-order valence-electron chi connectivity index (χ2n) is 5.75. The molecule has 0 saturated heterocycles. The quantitative estimate of drug-likeness (QED) is 0.844. The maximum absolute atomic E-state index is 6.43. The van der Waals surface area contributed by atoms with E-state index in [-0.39, 0.29) is 6.10 Å². The van der Waals surface area contributed by atoms with Crippen LogP contribution in [-0.2, 0) is 6.54 Å². The van der Waals surface area contributed by atoms with E-state index in [1.54, 1.807) is 7.11 Å². The molecule has 0 heterocycles. The summed E-state index contributed by atoms with van der Waals surface area (Å²) in [5.41, 5.74) is 1.10. The van der Waals surface area contributed by atoms with Crippen LogP contribution in [0, 0.1) is 5.92 Å². The number of nitrogens with one attached hydrogen (secondary N) is 1. The second kappa shape index (κ2) is 7.90. The summed E-state index contributed by atoms with van der Waals surface area (Å²) in [6, 6.07) is 3.96. The van der Waals surface area contributed by atoms with Crippen molar-refractivity contribution in [2.24, 2.45) is 5.92 Å². The molecule has 0 amide bonds. The Morgan fingerprint density at radius 1 is 1.29 bits per heavy atom. The average molecular weight is 312 g/mol. The maximum Gasteiger partial charge on any atom is 0.180 e. The molecule has 4 heteroatoms. The number of hydrogen-bond acceptors (Lipinski definition) is 3. The molecule has 0 bridgehead atoms. The Bertz CT molecular complexity index is 464. The fraction of sp³-hybridized carbons (Fsp3) is 0.647. The molecule has 1 aromatic rings. The van der Waals surface area contributed by atoms with Crippen molar-refractivity contribution in [2.75, 3.05) is 14.2 Å². The van der Waals surface area contributed by atoms with E-state index in [0.717, 1.165) is 30.7 Å². The monoisotopic (exact) mass is 311 g/mol. The molecule has 21 heavy (non-hydrogen) atoms. The Morgan fingerprint density at radius 2 is 2.05 bits per heavy atom. The molecule has 2 rings (SSSR count). The standard InChI is InChI=1S/C17H26ClNO2/c1-4-13-7-5-6-8-15(13)21-17-14(18)9-12(11-19-2)10-16(17)20-3/h9-10,13,15,19H,4-8,11H2,1-3H3. The first-order valence-corrected chi connectivity index (χ1v) is 8.25. The number of benzene rings is 1. The zero-order valence-corrected chi connectivity index (χ0v) is 14.0. The van der Waals surface area contributed by atoms with Crippen LogP contribution < -0.4 is 14.8 Å². The van der Waals surface area contributed by atoms with Gasteiger partial charge in [0.05, 0.1) is 12.1 Å². The summed E-state index contributed by atoms with van der Waals surface area (Å²) in [5.74, 6) is 2.05. The van der Waals surface area contributed by atoms with Crippen molar-refractivity contribution in [1.29, 1.82) is 0 Å². The lowest BCUT2D eigenvalue weighted by Crippen LogP contribution is -2.30. The Labute approximate surface area is 133 Å². The molecule has 0 spiro atoms. The van der Waals surface area contributed by atoms with Crippen molar-refractivity contribution >= 4 is 11.6 Å². The van der Waals surface area contributed by atoms with Crippen molar-refractivity contribution < 1.29 is 9.47 Å². The van der Waals surface area contributed by atoms with Gasteiger partial charge in [-0.25, -0.2) is 0 Å². The van der Waals surface area contributed by atoms with Crippen LogP contribution in [0.1, 0.15) is 44.6 Å². The third-order valence-electron chi connectivity index (χ3n) is 4.30. The van der Waals surface area contributed by atoms with E-state index >= 15 is 0 Å². The summed E-state index contributed by atoms with van der Waals surface area (Å²) >= 11 is 6.43. The lowest BCUT2D eigenvalue weighted by molar-refractivity contribution is 0.0874. The highest BCUT2D eigenvalue weighted by atomic mass is 35.5. The molecule has 0 aromatic heterocycles. The van der Waals surface area contributed by atoms with Crippen molar-refractivity contribution in [3.05, 3.63) is 22.7 Å². The van der Waals surface area contributed by atoms with E-state index in [1.165, 1.54) is 19.3 Å². The van der Waals surface area contributed by atoms with Gasteiger partial charge in [0.25, 0.3) is 0 Å². The summed E-state index contributed by atoms with van der Waals surface area (Å²) in [4.78, 5) is 0. The highest BCUT2D eigenvalue weighted by Crippen LogP contribution is 2.40. The molecule has 1 aliphatic rings. The minimum Gasteiger partial charge on any atom is -0.493 e. The maximum atomic E-state index is 6.43. The molecule has 118 valence electrons. The highest BCUT2D eigenvalue weighted by Gasteiger charge is 2.27. The number of ether oxygens (including phenoxy) is 2. The van der Waals surface area contributed by atoms with Gasteiger partial charge in [0.2, 0.25) is 0 Å². The predicted molar refractivity (Wildman–Crippen MR) is 87.4 cm³/mol. The van der Waals surface area contributed by atoms with Gasteiger partial charge in [-0.1, -0.05) is 24.9 Å². The van der Waals surface area contributed by atoms with Crippen LogP contribution in [0.2, 0.25) is 5.02 Å². The number of rotatable bonds is 6.